The van der Waals surface area contributed by atoms with Gasteiger partial charge in [0.05, 0.1) is 11.2 Å². The lowest BCUT2D eigenvalue weighted by Gasteiger charge is -2.27. The zero-order chi connectivity index (χ0) is 15.5. The molecule has 0 aliphatic heterocycles. The van der Waals surface area contributed by atoms with Crippen molar-refractivity contribution in [2.75, 3.05) is 5.75 Å². The second-order valence-corrected chi connectivity index (χ2v) is 6.53. The number of nitrogens with one attached hydrogen (secondary N) is 1. The number of benzene rings is 1. The first-order chi connectivity index (χ1) is 9.91. The van der Waals surface area contributed by atoms with Crippen molar-refractivity contribution < 1.29 is 19.1 Å². The van der Waals surface area contributed by atoms with Gasteiger partial charge in [0.25, 0.3) is 0 Å². The van der Waals surface area contributed by atoms with Crippen molar-refractivity contribution in [3.8, 4) is 0 Å². The molecule has 1 amide bonds. The van der Waals surface area contributed by atoms with Gasteiger partial charge in [0.15, 0.2) is 0 Å². The molecule has 1 fully saturated rings. The van der Waals surface area contributed by atoms with Crippen LogP contribution >= 0.6 is 11.8 Å². The van der Waals surface area contributed by atoms with E-state index in [2.05, 4.69) is 5.32 Å². The molecule has 1 aliphatic rings. The van der Waals surface area contributed by atoms with Gasteiger partial charge < -0.3 is 10.4 Å². The summed E-state index contributed by atoms with van der Waals surface area (Å²) in [6, 6.07) is 5.60. The van der Waals surface area contributed by atoms with E-state index in [1.165, 1.54) is 23.9 Å². The van der Waals surface area contributed by atoms with Gasteiger partial charge in [0, 0.05) is 10.9 Å². The topological polar surface area (TPSA) is 66.4 Å². The van der Waals surface area contributed by atoms with E-state index in [9.17, 15) is 19.1 Å². The third-order valence-electron chi connectivity index (χ3n) is 3.97. The number of amides is 1. The number of hydrogen-bond donors (Lipinski definition) is 2. The number of rotatable bonds is 5. The van der Waals surface area contributed by atoms with Gasteiger partial charge in [-0.25, -0.2) is 4.39 Å². The zero-order valence-electron chi connectivity index (χ0n) is 11.8. The molecule has 114 valence electrons. The molecule has 0 spiro atoms. The van der Waals surface area contributed by atoms with E-state index < -0.39 is 11.4 Å². The third kappa shape index (κ3) is 3.75. The molecule has 4 nitrogen and oxygen atoms in total. The van der Waals surface area contributed by atoms with E-state index in [-0.39, 0.29) is 23.5 Å². The average molecular weight is 311 g/mol. The fraction of sp³-hybridized carbons (Fsp3) is 0.467. The number of hydrogen-bond acceptors (Lipinski definition) is 3. The quantitative estimate of drug-likeness (QED) is 0.821. The number of carboxylic acid groups (broad SMARTS) is 1. The molecular weight excluding hydrogens is 293 g/mol. The van der Waals surface area contributed by atoms with Crippen LogP contribution in [0, 0.1) is 11.2 Å². The highest BCUT2D eigenvalue weighted by atomic mass is 32.2. The Morgan fingerprint density at radius 3 is 2.71 bits per heavy atom. The Morgan fingerprint density at radius 2 is 2.10 bits per heavy atom. The third-order valence-corrected chi connectivity index (χ3v) is 4.98. The van der Waals surface area contributed by atoms with E-state index in [0.717, 1.165) is 11.3 Å². The van der Waals surface area contributed by atoms with Crippen molar-refractivity contribution in [1.82, 2.24) is 5.32 Å². The van der Waals surface area contributed by atoms with Crippen LogP contribution in [-0.2, 0) is 9.59 Å². The Bertz CT molecular complexity index is 534. The van der Waals surface area contributed by atoms with Crippen molar-refractivity contribution in [1.29, 1.82) is 0 Å². The lowest BCUT2D eigenvalue weighted by molar-refractivity contribution is -0.149. The van der Waals surface area contributed by atoms with Gasteiger partial charge in [-0.05, 0) is 44.0 Å². The number of aliphatic carboxylic acids is 1. The smallest absolute Gasteiger partial charge is 0.311 e. The van der Waals surface area contributed by atoms with E-state index in [0.29, 0.717) is 12.8 Å². The van der Waals surface area contributed by atoms with Crippen LogP contribution in [0.2, 0.25) is 0 Å². The molecular formula is C15H18FNO3S. The molecule has 0 bridgehead atoms. The average Bonchev–Trinajstić information content (AvgIpc) is 2.81. The minimum absolute atomic E-state index is 0.191. The van der Waals surface area contributed by atoms with Gasteiger partial charge >= 0.3 is 5.97 Å². The first-order valence-electron chi connectivity index (χ1n) is 6.83. The number of carboxylic acids is 1. The lowest BCUT2D eigenvalue weighted by Crippen LogP contribution is -2.47. The molecule has 21 heavy (non-hydrogen) atoms. The van der Waals surface area contributed by atoms with Crippen LogP contribution in [-0.4, -0.2) is 28.8 Å². The molecule has 0 aromatic heterocycles. The Balaban J connectivity index is 1.87. The zero-order valence-corrected chi connectivity index (χ0v) is 12.6. The van der Waals surface area contributed by atoms with Crippen molar-refractivity contribution in [3.63, 3.8) is 0 Å². The largest absolute Gasteiger partial charge is 0.481 e. The van der Waals surface area contributed by atoms with Crippen LogP contribution in [0.5, 0.6) is 0 Å². The molecule has 0 radical (unpaired) electrons. The summed E-state index contributed by atoms with van der Waals surface area (Å²) < 4.78 is 12.8. The fourth-order valence-electron chi connectivity index (χ4n) is 2.57. The lowest BCUT2D eigenvalue weighted by atomic mass is 9.85. The van der Waals surface area contributed by atoms with Gasteiger partial charge in [0.2, 0.25) is 5.91 Å². The van der Waals surface area contributed by atoms with E-state index in [4.69, 9.17) is 0 Å². The minimum Gasteiger partial charge on any atom is -0.481 e. The van der Waals surface area contributed by atoms with E-state index in [1.807, 2.05) is 0 Å². The summed E-state index contributed by atoms with van der Waals surface area (Å²) in [4.78, 5) is 24.1. The predicted octanol–water partition coefficient (Wildman–Crippen LogP) is 2.68. The minimum atomic E-state index is -0.879. The first-order valence-corrected chi connectivity index (χ1v) is 7.81. The molecule has 1 aromatic rings. The monoisotopic (exact) mass is 311 g/mol. The molecule has 1 aromatic carbocycles. The summed E-state index contributed by atoms with van der Waals surface area (Å²) in [5, 5.41) is 12.1. The van der Waals surface area contributed by atoms with Crippen LogP contribution in [0.3, 0.4) is 0 Å². The molecule has 2 N–H and O–H groups in total. The number of halogens is 1. The van der Waals surface area contributed by atoms with Gasteiger partial charge in [0.1, 0.15) is 5.82 Å². The maximum absolute atomic E-state index is 12.8. The van der Waals surface area contributed by atoms with Gasteiger partial charge in [-0.3, -0.25) is 9.59 Å². The van der Waals surface area contributed by atoms with Crippen LogP contribution in [0.15, 0.2) is 29.2 Å². The van der Waals surface area contributed by atoms with Crippen LogP contribution in [0.1, 0.15) is 26.2 Å². The highest BCUT2D eigenvalue weighted by Crippen LogP contribution is 2.38. The van der Waals surface area contributed by atoms with E-state index >= 15 is 0 Å². The number of thioether (sulfide) groups is 1. The molecule has 2 unspecified atom stereocenters. The Labute approximate surface area is 127 Å². The summed E-state index contributed by atoms with van der Waals surface area (Å²) in [5.41, 5.74) is -0.879. The molecule has 1 saturated carbocycles. The summed E-state index contributed by atoms with van der Waals surface area (Å²) in [7, 11) is 0. The standard InChI is InChI=1S/C15H18FNO3S/c1-15(14(19)20)8-2-3-12(15)17-13(18)9-21-11-6-4-10(16)5-7-11/h4-7,12H,2-3,8-9H2,1H3,(H,17,18)(H,19,20). The highest BCUT2D eigenvalue weighted by molar-refractivity contribution is 8.00. The number of carbonyl (C=O) groups excluding carboxylic acids is 1. The van der Waals surface area contributed by atoms with Crippen molar-refractivity contribution in [2.24, 2.45) is 5.41 Å². The molecule has 1 aliphatic carbocycles. The van der Waals surface area contributed by atoms with Crippen molar-refractivity contribution in [3.05, 3.63) is 30.1 Å². The summed E-state index contributed by atoms with van der Waals surface area (Å²) in [5.74, 6) is -1.18. The van der Waals surface area contributed by atoms with E-state index in [1.54, 1.807) is 19.1 Å². The molecule has 6 heteroatoms. The molecule has 0 saturated heterocycles. The molecule has 2 atom stereocenters. The van der Waals surface area contributed by atoms with Crippen LogP contribution in [0.25, 0.3) is 0 Å². The maximum atomic E-state index is 12.8. The first kappa shape index (κ1) is 15.8. The summed E-state index contributed by atoms with van der Waals surface area (Å²) in [6.45, 7) is 1.68. The normalized spacial score (nSPS) is 24.8. The van der Waals surface area contributed by atoms with Gasteiger partial charge in [-0.15, -0.1) is 11.8 Å². The summed E-state index contributed by atoms with van der Waals surface area (Å²) >= 11 is 1.30. The van der Waals surface area contributed by atoms with Crippen LogP contribution < -0.4 is 5.32 Å². The van der Waals surface area contributed by atoms with Crippen molar-refractivity contribution in [2.45, 2.75) is 37.1 Å². The fourth-order valence-corrected chi connectivity index (χ4v) is 3.28. The van der Waals surface area contributed by atoms with Gasteiger partial charge in [-0.2, -0.15) is 0 Å². The predicted molar refractivity (Wildman–Crippen MR) is 78.6 cm³/mol. The summed E-state index contributed by atoms with van der Waals surface area (Å²) in [6.07, 6.45) is 2.08. The van der Waals surface area contributed by atoms with Crippen LogP contribution in [0.4, 0.5) is 4.39 Å². The number of carbonyl (C=O) groups is 2. The Kier molecular flexibility index (Phi) is 4.88. The molecule has 0 heterocycles. The Hall–Kier alpha value is -1.56. The van der Waals surface area contributed by atoms with Crippen molar-refractivity contribution >= 4 is 23.6 Å². The highest BCUT2D eigenvalue weighted by Gasteiger charge is 2.45. The second-order valence-electron chi connectivity index (χ2n) is 5.48. The van der Waals surface area contributed by atoms with Gasteiger partial charge in [-0.1, -0.05) is 6.42 Å². The molecule has 2 rings (SSSR count). The maximum Gasteiger partial charge on any atom is 0.311 e. The Morgan fingerprint density at radius 1 is 1.43 bits per heavy atom. The SMILES string of the molecule is CC1(C(=O)O)CCCC1NC(=O)CSc1ccc(F)cc1. The second kappa shape index (κ2) is 6.47.